The molecule has 1 aliphatic carbocycles. The summed E-state index contributed by atoms with van der Waals surface area (Å²) in [5.41, 5.74) is 1.48. The second-order valence-electron chi connectivity index (χ2n) is 9.23. The molecule has 3 aromatic rings. The second kappa shape index (κ2) is 9.20. The molecule has 1 saturated heterocycles. The van der Waals surface area contributed by atoms with Crippen LogP contribution >= 0.6 is 0 Å². The lowest BCUT2D eigenvalue weighted by atomic mass is 9.98. The van der Waals surface area contributed by atoms with Gasteiger partial charge in [-0.25, -0.2) is 0 Å². The van der Waals surface area contributed by atoms with Gasteiger partial charge in [0.1, 0.15) is 11.5 Å². The number of nitrogens with zero attached hydrogens (tertiary/aromatic N) is 2. The van der Waals surface area contributed by atoms with E-state index in [-0.39, 0.29) is 5.69 Å². The molecule has 0 unspecified atom stereocenters. The van der Waals surface area contributed by atoms with Crippen molar-refractivity contribution in [2.24, 2.45) is 0 Å². The Balaban J connectivity index is 1.76. The lowest BCUT2D eigenvalue weighted by Crippen LogP contribution is -2.26. The van der Waals surface area contributed by atoms with Crippen LogP contribution in [0.5, 0.6) is 11.5 Å². The standard InChI is InChI=1S/C27H27F3N2O4/c1-35-20-10-17(11-21(13-20)36-2)25-22-5-3-4-16(22)14-32(26(25)34)24-12-18(31-9-8-19(33)15-31)6-7-23(24)27(28,29)30/h6-7,10-14,19,33H,3-5,8-9,15H2,1-2H3/t19-/m0/s1. The molecule has 190 valence electrons. The Morgan fingerprint density at radius 3 is 2.36 bits per heavy atom. The number of alkyl halides is 3. The minimum Gasteiger partial charge on any atom is -0.497 e. The quantitative estimate of drug-likeness (QED) is 0.555. The van der Waals surface area contributed by atoms with Crippen molar-refractivity contribution in [3.05, 3.63) is 69.6 Å². The van der Waals surface area contributed by atoms with Gasteiger partial charge >= 0.3 is 6.18 Å². The number of β-amino-alcohol motifs (C(OH)–C–C–N with tert-alkyl or cyclic N) is 1. The molecule has 6 nitrogen and oxygen atoms in total. The number of fused-ring (bicyclic) bond motifs is 1. The smallest absolute Gasteiger partial charge is 0.418 e. The number of pyridine rings is 1. The number of anilines is 1. The van der Waals surface area contributed by atoms with Gasteiger partial charge in [-0.2, -0.15) is 13.2 Å². The Morgan fingerprint density at radius 2 is 1.75 bits per heavy atom. The number of aromatic nitrogens is 1. The number of aryl methyl sites for hydroxylation is 1. The van der Waals surface area contributed by atoms with E-state index in [0.29, 0.717) is 60.7 Å². The highest BCUT2D eigenvalue weighted by Gasteiger charge is 2.36. The van der Waals surface area contributed by atoms with Crippen molar-refractivity contribution in [1.29, 1.82) is 0 Å². The summed E-state index contributed by atoms with van der Waals surface area (Å²) in [4.78, 5) is 15.8. The maximum Gasteiger partial charge on any atom is 0.418 e. The van der Waals surface area contributed by atoms with E-state index >= 15 is 0 Å². The molecule has 0 amide bonds. The summed E-state index contributed by atoms with van der Waals surface area (Å²) in [6.07, 6.45) is -0.953. The predicted octanol–water partition coefficient (Wildman–Crippen LogP) is 4.60. The van der Waals surface area contributed by atoms with Crippen molar-refractivity contribution < 1.29 is 27.8 Å². The zero-order chi connectivity index (χ0) is 25.6. The Labute approximate surface area is 206 Å². The van der Waals surface area contributed by atoms with Crippen molar-refractivity contribution in [1.82, 2.24) is 4.57 Å². The molecule has 1 N–H and O–H groups in total. The Hall–Kier alpha value is -3.46. The number of ether oxygens (including phenoxy) is 2. The minimum atomic E-state index is -4.66. The van der Waals surface area contributed by atoms with E-state index in [1.54, 1.807) is 24.4 Å². The molecule has 2 aliphatic rings. The summed E-state index contributed by atoms with van der Waals surface area (Å²) in [5.74, 6) is 0.966. The molecular formula is C27H27F3N2O4. The Morgan fingerprint density at radius 1 is 1.03 bits per heavy atom. The van der Waals surface area contributed by atoms with Gasteiger partial charge in [0, 0.05) is 31.0 Å². The largest absolute Gasteiger partial charge is 0.497 e. The molecule has 1 aromatic heterocycles. The van der Waals surface area contributed by atoms with Crippen LogP contribution in [0.2, 0.25) is 0 Å². The highest BCUT2D eigenvalue weighted by molar-refractivity contribution is 5.72. The van der Waals surface area contributed by atoms with Crippen LogP contribution in [0.4, 0.5) is 18.9 Å². The number of halogens is 3. The first-order valence-electron chi connectivity index (χ1n) is 11.8. The number of methoxy groups -OCH3 is 2. The van der Waals surface area contributed by atoms with Crippen molar-refractivity contribution >= 4 is 5.69 Å². The van der Waals surface area contributed by atoms with Crippen molar-refractivity contribution in [2.45, 2.75) is 38.0 Å². The summed E-state index contributed by atoms with van der Waals surface area (Å²) in [6, 6.07) is 8.91. The molecule has 0 spiro atoms. The SMILES string of the molecule is COc1cc(OC)cc(-c2c3c(cn(-c4cc(N5CC[C@H](O)C5)ccc4C(F)(F)F)c2=O)CCC3)c1. The number of aliphatic hydroxyl groups is 1. The molecule has 2 aromatic carbocycles. The van der Waals surface area contributed by atoms with Gasteiger partial charge in [0.15, 0.2) is 0 Å². The van der Waals surface area contributed by atoms with E-state index in [9.17, 15) is 23.1 Å². The lowest BCUT2D eigenvalue weighted by molar-refractivity contribution is -0.137. The van der Waals surface area contributed by atoms with Gasteiger partial charge in [0.25, 0.3) is 5.56 Å². The van der Waals surface area contributed by atoms with Crippen LogP contribution in [-0.2, 0) is 19.0 Å². The molecule has 1 fully saturated rings. The lowest BCUT2D eigenvalue weighted by Gasteiger charge is -2.23. The van der Waals surface area contributed by atoms with Crippen LogP contribution in [0.15, 0.2) is 47.4 Å². The molecule has 2 heterocycles. The first kappa shape index (κ1) is 24.2. The Kier molecular flexibility index (Phi) is 6.20. The predicted molar refractivity (Wildman–Crippen MR) is 130 cm³/mol. The average molecular weight is 501 g/mol. The van der Waals surface area contributed by atoms with Crippen LogP contribution in [0.25, 0.3) is 16.8 Å². The van der Waals surface area contributed by atoms with E-state index in [1.807, 2.05) is 4.90 Å². The summed E-state index contributed by atoms with van der Waals surface area (Å²) in [5, 5.41) is 9.93. The third-order valence-corrected chi connectivity index (χ3v) is 6.99. The van der Waals surface area contributed by atoms with Gasteiger partial charge < -0.3 is 19.5 Å². The second-order valence-corrected chi connectivity index (χ2v) is 9.23. The number of benzene rings is 2. The zero-order valence-electron chi connectivity index (χ0n) is 20.1. The van der Waals surface area contributed by atoms with Crippen LogP contribution in [0, 0.1) is 0 Å². The maximum absolute atomic E-state index is 14.1. The summed E-state index contributed by atoms with van der Waals surface area (Å²) < 4.78 is 54.3. The number of hydrogen-bond donors (Lipinski definition) is 1. The van der Waals surface area contributed by atoms with E-state index in [1.165, 1.54) is 26.4 Å². The molecule has 5 rings (SSSR count). The highest BCUT2D eigenvalue weighted by atomic mass is 19.4. The van der Waals surface area contributed by atoms with Crippen LogP contribution in [0.3, 0.4) is 0 Å². The summed E-state index contributed by atoms with van der Waals surface area (Å²) >= 11 is 0. The van der Waals surface area contributed by atoms with Crippen molar-refractivity contribution in [3.8, 4) is 28.3 Å². The van der Waals surface area contributed by atoms with Crippen LogP contribution in [0.1, 0.15) is 29.5 Å². The monoisotopic (exact) mass is 500 g/mol. The van der Waals surface area contributed by atoms with Crippen molar-refractivity contribution in [3.63, 3.8) is 0 Å². The number of hydrogen-bond acceptors (Lipinski definition) is 5. The zero-order valence-corrected chi connectivity index (χ0v) is 20.1. The van der Waals surface area contributed by atoms with Gasteiger partial charge in [-0.1, -0.05) is 0 Å². The van der Waals surface area contributed by atoms with Gasteiger partial charge in [0.2, 0.25) is 0 Å². The Bertz CT molecular complexity index is 1340. The van der Waals surface area contributed by atoms with Crippen molar-refractivity contribution in [2.75, 3.05) is 32.2 Å². The van der Waals surface area contributed by atoms with E-state index < -0.39 is 23.4 Å². The third kappa shape index (κ3) is 4.32. The maximum atomic E-state index is 14.1. The minimum absolute atomic E-state index is 0.225. The molecule has 36 heavy (non-hydrogen) atoms. The average Bonchev–Trinajstić information content (AvgIpc) is 3.51. The molecule has 1 aliphatic heterocycles. The summed E-state index contributed by atoms with van der Waals surface area (Å²) in [6.45, 7) is 0.860. The first-order chi connectivity index (χ1) is 17.2. The molecule has 0 bridgehead atoms. The number of aliphatic hydroxyl groups excluding tert-OH is 1. The first-order valence-corrected chi connectivity index (χ1v) is 11.8. The van der Waals surface area contributed by atoms with Gasteiger partial charge in [-0.3, -0.25) is 9.36 Å². The van der Waals surface area contributed by atoms with Gasteiger partial charge in [-0.15, -0.1) is 0 Å². The summed E-state index contributed by atoms with van der Waals surface area (Å²) in [7, 11) is 3.01. The van der Waals surface area contributed by atoms with E-state index in [4.69, 9.17) is 9.47 Å². The van der Waals surface area contributed by atoms with Crippen LogP contribution in [-0.4, -0.2) is 43.1 Å². The molecule has 1 atom stereocenters. The van der Waals surface area contributed by atoms with E-state index in [2.05, 4.69) is 0 Å². The van der Waals surface area contributed by atoms with Gasteiger partial charge in [-0.05, 0) is 72.7 Å². The molecule has 0 radical (unpaired) electrons. The topological polar surface area (TPSA) is 63.9 Å². The van der Waals surface area contributed by atoms with Crippen LogP contribution < -0.4 is 19.9 Å². The highest BCUT2D eigenvalue weighted by Crippen LogP contribution is 2.39. The molecule has 9 heteroatoms. The fourth-order valence-corrected chi connectivity index (χ4v) is 5.22. The fraction of sp³-hybridized carbons (Fsp3) is 0.370. The fourth-order valence-electron chi connectivity index (χ4n) is 5.22. The molecular weight excluding hydrogens is 473 g/mol. The third-order valence-electron chi connectivity index (χ3n) is 6.99. The van der Waals surface area contributed by atoms with E-state index in [0.717, 1.165) is 28.2 Å². The number of rotatable bonds is 5. The normalized spacial score (nSPS) is 17.4. The molecule has 0 saturated carbocycles. The van der Waals surface area contributed by atoms with Gasteiger partial charge in [0.05, 0.1) is 37.1 Å².